The summed E-state index contributed by atoms with van der Waals surface area (Å²) in [5.74, 6) is -4.60. The molecule has 2 aromatic rings. The van der Waals surface area contributed by atoms with Crippen molar-refractivity contribution in [1.29, 1.82) is 0 Å². The molecule has 242 valence electrons. The topological polar surface area (TPSA) is 114 Å². The third kappa shape index (κ3) is 6.71. The molecule has 15 heteroatoms. The van der Waals surface area contributed by atoms with E-state index in [9.17, 15) is 43.3 Å². The minimum Gasteiger partial charge on any atom is -0.496 e. The summed E-state index contributed by atoms with van der Waals surface area (Å²) in [5.41, 5.74) is -0.149. The van der Waals surface area contributed by atoms with Gasteiger partial charge in [-0.15, -0.1) is 0 Å². The summed E-state index contributed by atoms with van der Waals surface area (Å²) in [6, 6.07) is 3.50. The van der Waals surface area contributed by atoms with Gasteiger partial charge in [0.1, 0.15) is 10.6 Å². The van der Waals surface area contributed by atoms with Crippen molar-refractivity contribution in [3.63, 3.8) is 0 Å². The van der Waals surface area contributed by atoms with Crippen molar-refractivity contribution >= 4 is 33.7 Å². The number of anilines is 1. The molecule has 0 spiro atoms. The van der Waals surface area contributed by atoms with Crippen LogP contribution < -0.4 is 20.1 Å². The predicted octanol–water partition coefficient (Wildman–Crippen LogP) is 7.30. The fraction of sp³-hybridized carbons (Fsp3) is 0.483. The number of hydrogen-bond acceptors (Lipinski definition) is 5. The van der Waals surface area contributed by atoms with Gasteiger partial charge in [-0.25, -0.2) is 4.39 Å². The second-order valence-corrected chi connectivity index (χ2v) is 14.2. The van der Waals surface area contributed by atoms with Crippen LogP contribution in [0.2, 0.25) is 0 Å². The Labute approximate surface area is 249 Å². The molecule has 3 fully saturated rings. The van der Waals surface area contributed by atoms with Gasteiger partial charge in [0.05, 0.1) is 30.6 Å². The Bertz CT molecular complexity index is 1470. The van der Waals surface area contributed by atoms with Gasteiger partial charge < -0.3 is 25.2 Å². The second kappa shape index (κ2) is 10.8. The Kier molecular flexibility index (Phi) is 7.78. The molecule has 0 radical (unpaired) electrons. The maximum Gasteiger partial charge on any atom is 0.310 e. The number of carboxylic acids is 1. The first-order valence-electron chi connectivity index (χ1n) is 14.2. The van der Waals surface area contributed by atoms with Crippen LogP contribution >= 0.6 is 10.2 Å². The van der Waals surface area contributed by atoms with Gasteiger partial charge in [0.15, 0.2) is 11.6 Å². The van der Waals surface area contributed by atoms with Gasteiger partial charge in [-0.05, 0) is 87.1 Å². The molecule has 3 aliphatic carbocycles. The van der Waals surface area contributed by atoms with Crippen molar-refractivity contribution in [1.82, 2.24) is 5.32 Å². The highest BCUT2D eigenvalue weighted by molar-refractivity contribution is 8.45. The third-order valence-corrected chi connectivity index (χ3v) is 10.1. The lowest BCUT2D eigenvalue weighted by molar-refractivity contribution is -0.143. The number of methoxy groups -OCH3 is 1. The van der Waals surface area contributed by atoms with Gasteiger partial charge >= 0.3 is 16.2 Å². The van der Waals surface area contributed by atoms with E-state index in [1.807, 2.05) is 0 Å². The molecular weight excluding hydrogens is 618 g/mol. The van der Waals surface area contributed by atoms with Crippen LogP contribution in [0.3, 0.4) is 0 Å². The average molecular weight is 651 g/mol. The standard InChI is InChI=1S/C29H32F6N2O6S/c1-42-23-14-22(30)24(43-19-8-4-15(5-9-19)29(40)41)13-21(23)27(38)37-26-17-3-2-16(12-17)25(26)28(39)36-18-6-10-20(11-7-18)44(31,32,33,34)35/h6-7,10-11,13-17,19,25-26H,2-5,8-9,12H2,1H3,(H,36,39)(H,37,38)(H,40,41)/t15?,16-,17+,19?,25+,26-/m1/s1. The number of benzene rings is 2. The number of carboxylic acid groups (broad SMARTS) is 1. The quantitative estimate of drug-likeness (QED) is 0.246. The Balaban J connectivity index is 1.30. The molecule has 44 heavy (non-hydrogen) atoms. The smallest absolute Gasteiger partial charge is 0.310 e. The van der Waals surface area contributed by atoms with Gasteiger partial charge in [-0.3, -0.25) is 14.4 Å². The van der Waals surface area contributed by atoms with Crippen LogP contribution in [0.15, 0.2) is 41.3 Å². The van der Waals surface area contributed by atoms with Gasteiger partial charge in [-0.2, -0.15) is 0 Å². The number of halogens is 6. The number of amides is 2. The van der Waals surface area contributed by atoms with Crippen LogP contribution in [0.25, 0.3) is 0 Å². The minimum absolute atomic E-state index is 0.0448. The zero-order valence-electron chi connectivity index (χ0n) is 23.5. The predicted molar refractivity (Wildman–Crippen MR) is 149 cm³/mol. The molecule has 2 amide bonds. The van der Waals surface area contributed by atoms with Crippen LogP contribution in [0.1, 0.15) is 55.3 Å². The lowest BCUT2D eigenvalue weighted by Gasteiger charge is -2.40. The zero-order valence-corrected chi connectivity index (χ0v) is 24.4. The van der Waals surface area contributed by atoms with Crippen LogP contribution in [0.5, 0.6) is 11.5 Å². The summed E-state index contributed by atoms with van der Waals surface area (Å²) in [7, 11) is -8.61. The molecule has 4 atom stereocenters. The lowest BCUT2D eigenvalue weighted by Crippen LogP contribution is -2.48. The number of ether oxygens (including phenoxy) is 2. The molecule has 0 aliphatic heterocycles. The maximum atomic E-state index is 14.9. The van der Waals surface area contributed by atoms with E-state index < -0.39 is 62.7 Å². The molecular formula is C29H32F6N2O6S. The number of rotatable bonds is 9. The molecule has 0 saturated heterocycles. The van der Waals surface area contributed by atoms with Crippen LogP contribution in [-0.4, -0.2) is 42.1 Å². The Morgan fingerprint density at radius 3 is 2.11 bits per heavy atom. The van der Waals surface area contributed by atoms with Gasteiger partial charge in [-0.1, -0.05) is 19.4 Å². The number of carbonyl (C=O) groups excluding carboxylic acids is 2. The summed E-state index contributed by atoms with van der Waals surface area (Å²) in [5, 5.41) is 14.6. The van der Waals surface area contributed by atoms with Crippen molar-refractivity contribution in [3.8, 4) is 11.5 Å². The van der Waals surface area contributed by atoms with E-state index in [-0.39, 0.29) is 46.7 Å². The number of hydrogen-bond donors (Lipinski definition) is 3. The van der Waals surface area contributed by atoms with Gasteiger partial charge in [0, 0.05) is 17.8 Å². The summed E-state index contributed by atoms with van der Waals surface area (Å²) < 4.78 is 91.3. The molecule has 2 bridgehead atoms. The zero-order chi connectivity index (χ0) is 32.1. The molecule has 8 nitrogen and oxygen atoms in total. The monoisotopic (exact) mass is 650 g/mol. The first kappa shape index (κ1) is 31.8. The van der Waals surface area contributed by atoms with E-state index in [0.29, 0.717) is 38.5 Å². The number of aliphatic carboxylic acids is 1. The first-order chi connectivity index (χ1) is 20.4. The van der Waals surface area contributed by atoms with Crippen molar-refractivity contribution < 1.29 is 52.8 Å². The van der Waals surface area contributed by atoms with Gasteiger partial charge in [0.2, 0.25) is 5.91 Å². The Morgan fingerprint density at radius 1 is 0.886 bits per heavy atom. The lowest BCUT2D eigenvalue weighted by atomic mass is 9.83. The first-order valence-corrected chi connectivity index (χ1v) is 16.1. The normalized spacial score (nSPS) is 28.0. The van der Waals surface area contributed by atoms with E-state index in [1.54, 1.807) is 0 Å². The van der Waals surface area contributed by atoms with Crippen molar-refractivity contribution in [2.45, 2.75) is 62.0 Å². The summed E-state index contributed by atoms with van der Waals surface area (Å²) >= 11 is 0. The van der Waals surface area contributed by atoms with Crippen molar-refractivity contribution in [3.05, 3.63) is 47.8 Å². The maximum absolute atomic E-state index is 14.9. The minimum atomic E-state index is -9.87. The van der Waals surface area contributed by atoms with E-state index >= 15 is 0 Å². The molecule has 0 heterocycles. The number of nitrogens with one attached hydrogen (secondary N) is 2. The van der Waals surface area contributed by atoms with Crippen molar-refractivity contribution in [2.24, 2.45) is 23.7 Å². The number of fused-ring (bicyclic) bond motifs is 2. The number of carbonyl (C=O) groups is 3. The van der Waals surface area contributed by atoms with E-state index in [2.05, 4.69) is 10.6 Å². The summed E-state index contributed by atoms with van der Waals surface area (Å²) in [6.07, 6.45) is 3.15. The molecule has 2 aromatic carbocycles. The third-order valence-electron chi connectivity index (χ3n) is 8.90. The average Bonchev–Trinajstić information content (AvgIpc) is 3.55. The van der Waals surface area contributed by atoms with Crippen LogP contribution in [-0.2, 0) is 9.59 Å². The van der Waals surface area contributed by atoms with Crippen LogP contribution in [0.4, 0.5) is 29.5 Å². The largest absolute Gasteiger partial charge is 0.496 e. The molecule has 5 rings (SSSR count). The summed E-state index contributed by atoms with van der Waals surface area (Å²) in [6.45, 7) is 0. The summed E-state index contributed by atoms with van der Waals surface area (Å²) in [4.78, 5) is 36.0. The van der Waals surface area contributed by atoms with Crippen molar-refractivity contribution in [2.75, 3.05) is 12.4 Å². The molecule has 3 saturated carbocycles. The highest BCUT2D eigenvalue weighted by Gasteiger charge is 2.65. The van der Waals surface area contributed by atoms with Crippen LogP contribution in [0, 0.1) is 29.5 Å². The highest BCUT2D eigenvalue weighted by Crippen LogP contribution is 3.02. The van der Waals surface area contributed by atoms with Gasteiger partial charge in [0.25, 0.3) is 5.91 Å². The fourth-order valence-corrected chi connectivity index (χ4v) is 7.36. The fourth-order valence-electron chi connectivity index (χ4n) is 6.71. The molecule has 0 unspecified atom stereocenters. The SMILES string of the molecule is COc1cc(F)c(OC2CCC(C(=O)O)CC2)cc1C(=O)N[C@@H]1[C@H]2CC[C@H](C2)[C@@H]1C(=O)Nc1ccc(S(F)(F)(F)(F)F)cc1. The highest BCUT2D eigenvalue weighted by atomic mass is 32.5. The van der Waals surface area contributed by atoms with E-state index in [1.165, 1.54) is 13.2 Å². The Hall–Kier alpha value is -3.62. The molecule has 3 aliphatic rings. The Morgan fingerprint density at radius 2 is 1.52 bits per heavy atom. The second-order valence-electron chi connectivity index (χ2n) is 11.8. The molecule has 3 N–H and O–H groups in total. The molecule has 0 aromatic heterocycles. The van der Waals surface area contributed by atoms with E-state index in [0.717, 1.165) is 24.6 Å². The van der Waals surface area contributed by atoms with E-state index in [4.69, 9.17) is 9.47 Å².